The van der Waals surface area contributed by atoms with Crippen molar-refractivity contribution in [1.82, 2.24) is 10.6 Å². The molecule has 1 unspecified atom stereocenters. The smallest absolute Gasteiger partial charge is 0.248 e. The second-order valence-corrected chi connectivity index (χ2v) is 6.29. The van der Waals surface area contributed by atoms with Gasteiger partial charge in [-0.3, -0.25) is 9.59 Å². The molecule has 1 aliphatic carbocycles. The first-order valence-electron chi connectivity index (χ1n) is 7.67. The van der Waals surface area contributed by atoms with Crippen LogP contribution in [0.15, 0.2) is 35.4 Å². The molecular formula is C17H19ClN2O2. The van der Waals surface area contributed by atoms with Crippen LogP contribution in [0.3, 0.4) is 0 Å². The maximum atomic E-state index is 12.1. The van der Waals surface area contributed by atoms with Gasteiger partial charge >= 0.3 is 0 Å². The molecule has 116 valence electrons. The van der Waals surface area contributed by atoms with Crippen LogP contribution in [0.25, 0.3) is 0 Å². The van der Waals surface area contributed by atoms with Crippen molar-refractivity contribution in [2.24, 2.45) is 0 Å². The molecular weight excluding hydrogens is 300 g/mol. The summed E-state index contributed by atoms with van der Waals surface area (Å²) in [5.74, 6) is -0.178. The Balaban J connectivity index is 1.59. The summed E-state index contributed by atoms with van der Waals surface area (Å²) in [6.45, 7) is 0.448. The summed E-state index contributed by atoms with van der Waals surface area (Å²) < 4.78 is 0. The van der Waals surface area contributed by atoms with Crippen molar-refractivity contribution in [1.29, 1.82) is 0 Å². The van der Waals surface area contributed by atoms with Gasteiger partial charge in [-0.2, -0.15) is 0 Å². The minimum Gasteiger partial charge on any atom is -0.352 e. The number of carbonyl (C=O) groups excluding carboxylic acids is 2. The maximum absolute atomic E-state index is 12.1. The molecule has 1 fully saturated rings. The molecule has 1 atom stereocenters. The van der Waals surface area contributed by atoms with Gasteiger partial charge in [0.1, 0.15) is 0 Å². The predicted molar refractivity (Wildman–Crippen MR) is 85.3 cm³/mol. The molecule has 5 heteroatoms. The molecule has 22 heavy (non-hydrogen) atoms. The van der Waals surface area contributed by atoms with Crippen LogP contribution >= 0.6 is 11.6 Å². The molecule has 1 saturated carbocycles. The average molecular weight is 319 g/mol. The summed E-state index contributed by atoms with van der Waals surface area (Å²) in [6, 6.07) is 7.52. The lowest BCUT2D eigenvalue weighted by atomic mass is 9.88. The van der Waals surface area contributed by atoms with E-state index < -0.39 is 0 Å². The highest BCUT2D eigenvalue weighted by molar-refractivity contribution is 6.30. The number of hydrogen-bond acceptors (Lipinski definition) is 2. The van der Waals surface area contributed by atoms with Crippen molar-refractivity contribution in [2.75, 3.05) is 0 Å². The van der Waals surface area contributed by atoms with Gasteiger partial charge in [-0.25, -0.2) is 0 Å². The monoisotopic (exact) mass is 318 g/mol. The first-order chi connectivity index (χ1) is 10.6. The minimum absolute atomic E-state index is 0.0662. The summed E-state index contributed by atoms with van der Waals surface area (Å²) in [6.07, 6.45) is 4.35. The van der Waals surface area contributed by atoms with Crippen LogP contribution in [0.2, 0.25) is 5.02 Å². The summed E-state index contributed by atoms with van der Waals surface area (Å²) in [4.78, 5) is 24.1. The van der Waals surface area contributed by atoms with Crippen molar-refractivity contribution in [3.05, 3.63) is 46.0 Å². The van der Waals surface area contributed by atoms with E-state index in [0.29, 0.717) is 17.1 Å². The molecule has 2 amide bonds. The zero-order valence-electron chi connectivity index (χ0n) is 12.3. The second-order valence-electron chi connectivity index (χ2n) is 5.86. The highest BCUT2D eigenvalue weighted by Crippen LogP contribution is 2.32. The molecule has 2 aliphatic rings. The topological polar surface area (TPSA) is 58.2 Å². The van der Waals surface area contributed by atoms with Crippen molar-refractivity contribution < 1.29 is 9.59 Å². The number of benzene rings is 1. The summed E-state index contributed by atoms with van der Waals surface area (Å²) in [5, 5.41) is 6.52. The third kappa shape index (κ3) is 3.33. The molecule has 0 radical (unpaired) electrons. The number of hydrogen-bond donors (Lipinski definition) is 2. The van der Waals surface area contributed by atoms with Gasteiger partial charge in [0.05, 0.1) is 12.5 Å². The third-order valence-electron chi connectivity index (χ3n) is 4.32. The van der Waals surface area contributed by atoms with Gasteiger partial charge in [-0.1, -0.05) is 30.2 Å². The Morgan fingerprint density at radius 3 is 2.82 bits per heavy atom. The highest BCUT2D eigenvalue weighted by atomic mass is 35.5. The van der Waals surface area contributed by atoms with Crippen LogP contribution in [0.1, 0.15) is 37.7 Å². The summed E-state index contributed by atoms with van der Waals surface area (Å²) in [5.41, 5.74) is 2.82. The fraction of sp³-hybridized carbons (Fsp3) is 0.412. The molecule has 0 saturated heterocycles. The Bertz CT molecular complexity index is 622. The molecule has 1 heterocycles. The van der Waals surface area contributed by atoms with Gasteiger partial charge in [-0.15, -0.1) is 0 Å². The Hall–Kier alpha value is -1.81. The third-order valence-corrected chi connectivity index (χ3v) is 4.57. The van der Waals surface area contributed by atoms with E-state index in [0.717, 1.165) is 36.8 Å². The second kappa shape index (κ2) is 6.53. The van der Waals surface area contributed by atoms with Crippen LogP contribution in [-0.2, 0) is 16.1 Å². The molecule has 0 aromatic heterocycles. The minimum atomic E-state index is -0.112. The lowest BCUT2D eigenvalue weighted by molar-refractivity contribution is -0.123. The van der Waals surface area contributed by atoms with E-state index in [1.165, 1.54) is 0 Å². The molecule has 0 spiro atoms. The first-order valence-corrected chi connectivity index (χ1v) is 8.05. The van der Waals surface area contributed by atoms with E-state index >= 15 is 0 Å². The highest BCUT2D eigenvalue weighted by Gasteiger charge is 2.33. The van der Waals surface area contributed by atoms with Crippen LogP contribution in [0.4, 0.5) is 0 Å². The van der Waals surface area contributed by atoms with E-state index in [1.807, 2.05) is 12.1 Å². The van der Waals surface area contributed by atoms with Gasteiger partial charge in [-0.05, 0) is 42.5 Å². The Labute approximate surface area is 134 Å². The van der Waals surface area contributed by atoms with Gasteiger partial charge in [0.2, 0.25) is 11.8 Å². The van der Waals surface area contributed by atoms with Crippen molar-refractivity contribution >= 4 is 23.4 Å². The Morgan fingerprint density at radius 1 is 1.27 bits per heavy atom. The van der Waals surface area contributed by atoms with Crippen LogP contribution in [-0.4, -0.2) is 17.9 Å². The quantitative estimate of drug-likeness (QED) is 0.896. The molecule has 3 rings (SSSR count). The normalized spacial score (nSPS) is 20.6. The number of halogens is 1. The standard InChI is InChI=1S/C17H19ClN2O2/c18-12-7-5-11(6-8-12)10-19-16(21)9-14-13-3-1-2-4-15(13)20-17(14)22/h5-8,15H,1-4,9-10H2,(H,19,21)(H,20,22). The summed E-state index contributed by atoms with van der Waals surface area (Å²) >= 11 is 5.83. The summed E-state index contributed by atoms with van der Waals surface area (Å²) in [7, 11) is 0. The fourth-order valence-electron chi connectivity index (χ4n) is 3.14. The Morgan fingerprint density at radius 2 is 2.05 bits per heavy atom. The molecule has 2 N–H and O–H groups in total. The first kappa shape index (κ1) is 15.1. The zero-order valence-corrected chi connectivity index (χ0v) is 13.1. The molecule has 1 aromatic rings. The van der Waals surface area contributed by atoms with E-state index in [-0.39, 0.29) is 24.3 Å². The molecule has 1 aromatic carbocycles. The number of nitrogens with one attached hydrogen (secondary N) is 2. The Kier molecular flexibility index (Phi) is 4.48. The van der Waals surface area contributed by atoms with Crippen molar-refractivity contribution in [2.45, 2.75) is 44.7 Å². The van der Waals surface area contributed by atoms with Crippen molar-refractivity contribution in [3.63, 3.8) is 0 Å². The molecule has 4 nitrogen and oxygen atoms in total. The number of carbonyl (C=O) groups is 2. The van der Waals surface area contributed by atoms with Gasteiger partial charge in [0.25, 0.3) is 0 Å². The zero-order chi connectivity index (χ0) is 15.5. The average Bonchev–Trinajstić information content (AvgIpc) is 2.83. The van der Waals surface area contributed by atoms with Crippen LogP contribution < -0.4 is 10.6 Å². The van der Waals surface area contributed by atoms with Crippen LogP contribution in [0.5, 0.6) is 0 Å². The fourth-order valence-corrected chi connectivity index (χ4v) is 3.27. The van der Waals surface area contributed by atoms with E-state index in [4.69, 9.17) is 11.6 Å². The number of fused-ring (bicyclic) bond motifs is 1. The number of rotatable bonds is 4. The van der Waals surface area contributed by atoms with E-state index in [1.54, 1.807) is 12.1 Å². The predicted octanol–water partition coefficient (Wildman–Crippen LogP) is 2.72. The van der Waals surface area contributed by atoms with Gasteiger partial charge in [0.15, 0.2) is 0 Å². The molecule has 1 aliphatic heterocycles. The lowest BCUT2D eigenvalue weighted by Gasteiger charge is -2.20. The maximum Gasteiger partial charge on any atom is 0.248 e. The van der Waals surface area contributed by atoms with Crippen LogP contribution in [0, 0.1) is 0 Å². The van der Waals surface area contributed by atoms with Gasteiger partial charge < -0.3 is 10.6 Å². The largest absolute Gasteiger partial charge is 0.352 e. The lowest BCUT2D eigenvalue weighted by Crippen LogP contribution is -2.30. The molecule has 0 bridgehead atoms. The number of amides is 2. The van der Waals surface area contributed by atoms with E-state index in [2.05, 4.69) is 10.6 Å². The van der Waals surface area contributed by atoms with Gasteiger partial charge in [0, 0.05) is 17.1 Å². The SMILES string of the molecule is O=C(CC1=C2CCCCC2NC1=O)NCc1ccc(Cl)cc1. The van der Waals surface area contributed by atoms with Crippen molar-refractivity contribution in [3.8, 4) is 0 Å². The van der Waals surface area contributed by atoms with E-state index in [9.17, 15) is 9.59 Å².